The smallest absolute Gasteiger partial charge is 0.259 e. The van der Waals surface area contributed by atoms with Crippen molar-refractivity contribution in [3.05, 3.63) is 77.9 Å². The second-order valence-electron chi connectivity index (χ2n) is 5.57. The Morgan fingerprint density at radius 1 is 1.08 bits per heavy atom. The Bertz CT molecular complexity index is 1040. The molecule has 0 spiro atoms. The summed E-state index contributed by atoms with van der Waals surface area (Å²) in [5.74, 6) is 0.365. The van der Waals surface area contributed by atoms with Crippen molar-refractivity contribution in [1.29, 1.82) is 0 Å². The van der Waals surface area contributed by atoms with E-state index in [9.17, 15) is 4.79 Å². The Balaban J connectivity index is 1.59. The van der Waals surface area contributed by atoms with E-state index in [1.807, 2.05) is 30.3 Å². The maximum absolute atomic E-state index is 12.7. The summed E-state index contributed by atoms with van der Waals surface area (Å²) < 4.78 is 5.29. The van der Waals surface area contributed by atoms with E-state index in [1.165, 1.54) is 12.6 Å². The van der Waals surface area contributed by atoms with Crippen molar-refractivity contribution in [2.45, 2.75) is 0 Å². The Labute approximate surface area is 153 Å². The van der Waals surface area contributed by atoms with E-state index in [0.29, 0.717) is 27.7 Å². The van der Waals surface area contributed by atoms with E-state index >= 15 is 0 Å². The first-order chi connectivity index (χ1) is 12.7. The summed E-state index contributed by atoms with van der Waals surface area (Å²) >= 11 is 5.92. The van der Waals surface area contributed by atoms with Gasteiger partial charge in [0.15, 0.2) is 12.2 Å². The molecule has 0 saturated heterocycles. The molecule has 7 heteroatoms. The van der Waals surface area contributed by atoms with Gasteiger partial charge in [0.25, 0.3) is 5.91 Å². The number of oxazole rings is 1. The van der Waals surface area contributed by atoms with E-state index in [4.69, 9.17) is 16.0 Å². The van der Waals surface area contributed by atoms with Crippen LogP contribution in [0.5, 0.6) is 0 Å². The fourth-order valence-corrected chi connectivity index (χ4v) is 2.73. The number of benzene rings is 2. The van der Waals surface area contributed by atoms with Crippen LogP contribution >= 0.6 is 11.6 Å². The maximum atomic E-state index is 12.7. The number of anilines is 1. The number of H-pyrrole nitrogens is 1. The van der Waals surface area contributed by atoms with Gasteiger partial charge in [-0.2, -0.15) is 5.10 Å². The molecule has 2 N–H and O–H groups in total. The zero-order valence-electron chi connectivity index (χ0n) is 13.4. The number of carbonyl (C=O) groups is 1. The number of amides is 1. The topological polar surface area (TPSA) is 83.8 Å². The number of hydrogen-bond acceptors (Lipinski definition) is 4. The summed E-state index contributed by atoms with van der Waals surface area (Å²) in [5, 5.41) is 10.4. The van der Waals surface area contributed by atoms with Crippen LogP contribution in [0.3, 0.4) is 0 Å². The molecular weight excluding hydrogens is 352 g/mol. The van der Waals surface area contributed by atoms with Gasteiger partial charge in [-0.05, 0) is 24.3 Å². The molecule has 2 heterocycles. The number of halogens is 1. The molecule has 1 amide bonds. The van der Waals surface area contributed by atoms with E-state index in [1.54, 1.807) is 24.4 Å². The molecule has 0 atom stereocenters. The quantitative estimate of drug-likeness (QED) is 0.552. The predicted octanol–water partition coefficient (Wildman–Crippen LogP) is 4.64. The number of aromatic amines is 1. The molecule has 6 nitrogen and oxygen atoms in total. The van der Waals surface area contributed by atoms with Crippen LogP contribution in [0.1, 0.15) is 10.4 Å². The molecule has 0 aliphatic heterocycles. The van der Waals surface area contributed by atoms with Crippen LogP contribution < -0.4 is 5.32 Å². The standard InChI is InChI=1S/C19H13ClN4O2/c20-14-6-4-12(5-7-14)18-16(9-22-24-18)19(25)23-15-3-1-2-13(8-15)17-10-21-11-26-17/h1-11H,(H,22,24)(H,23,25). The van der Waals surface area contributed by atoms with Gasteiger partial charge >= 0.3 is 0 Å². The van der Waals surface area contributed by atoms with Crippen molar-refractivity contribution in [1.82, 2.24) is 15.2 Å². The molecule has 4 aromatic rings. The third-order valence-corrected chi connectivity index (χ3v) is 4.11. The van der Waals surface area contributed by atoms with Crippen LogP contribution in [-0.2, 0) is 0 Å². The number of nitrogens with zero attached hydrogens (tertiary/aromatic N) is 2. The van der Waals surface area contributed by atoms with Gasteiger partial charge in [0, 0.05) is 21.8 Å². The largest absolute Gasteiger partial charge is 0.444 e. The average Bonchev–Trinajstić information content (AvgIpc) is 3.35. The molecule has 0 aliphatic carbocycles. The van der Waals surface area contributed by atoms with Crippen molar-refractivity contribution < 1.29 is 9.21 Å². The van der Waals surface area contributed by atoms with Crippen LogP contribution in [-0.4, -0.2) is 21.1 Å². The number of rotatable bonds is 4. The highest BCUT2D eigenvalue weighted by Gasteiger charge is 2.16. The normalized spacial score (nSPS) is 10.7. The van der Waals surface area contributed by atoms with Crippen molar-refractivity contribution in [2.75, 3.05) is 5.32 Å². The molecule has 2 aromatic carbocycles. The highest BCUT2D eigenvalue weighted by atomic mass is 35.5. The van der Waals surface area contributed by atoms with Crippen LogP contribution in [0.2, 0.25) is 5.02 Å². The lowest BCUT2D eigenvalue weighted by Crippen LogP contribution is -2.12. The van der Waals surface area contributed by atoms with Crippen molar-refractivity contribution in [2.24, 2.45) is 0 Å². The SMILES string of the molecule is O=C(Nc1cccc(-c2cnco2)c1)c1cn[nH]c1-c1ccc(Cl)cc1. The second-order valence-corrected chi connectivity index (χ2v) is 6.00. The van der Waals surface area contributed by atoms with Crippen LogP contribution in [0.25, 0.3) is 22.6 Å². The molecule has 128 valence electrons. The second kappa shape index (κ2) is 6.85. The van der Waals surface area contributed by atoms with E-state index in [-0.39, 0.29) is 5.91 Å². The third kappa shape index (κ3) is 3.22. The van der Waals surface area contributed by atoms with Gasteiger partial charge in [-0.1, -0.05) is 35.9 Å². The van der Waals surface area contributed by atoms with Gasteiger partial charge in [0.1, 0.15) is 0 Å². The minimum atomic E-state index is -0.265. The summed E-state index contributed by atoms with van der Waals surface area (Å²) in [6.45, 7) is 0. The molecule has 2 aromatic heterocycles. The number of nitrogens with one attached hydrogen (secondary N) is 2. The van der Waals surface area contributed by atoms with Crippen LogP contribution in [0, 0.1) is 0 Å². The molecule has 0 fully saturated rings. The van der Waals surface area contributed by atoms with E-state index < -0.39 is 0 Å². The van der Waals surface area contributed by atoms with Gasteiger partial charge in [0.2, 0.25) is 0 Å². The van der Waals surface area contributed by atoms with Crippen LogP contribution in [0.4, 0.5) is 5.69 Å². The first kappa shape index (κ1) is 16.1. The minimum absolute atomic E-state index is 0.265. The maximum Gasteiger partial charge on any atom is 0.259 e. The van der Waals surface area contributed by atoms with E-state index in [0.717, 1.165) is 11.1 Å². The predicted molar refractivity (Wildman–Crippen MR) is 98.9 cm³/mol. The summed E-state index contributed by atoms with van der Waals surface area (Å²) in [6, 6.07) is 14.5. The Hall–Kier alpha value is -3.38. The number of aromatic nitrogens is 3. The molecule has 0 unspecified atom stereocenters. The fourth-order valence-electron chi connectivity index (χ4n) is 2.60. The van der Waals surface area contributed by atoms with Crippen molar-refractivity contribution in [3.8, 4) is 22.6 Å². The van der Waals surface area contributed by atoms with Gasteiger partial charge in [-0.25, -0.2) is 4.98 Å². The van der Waals surface area contributed by atoms with Crippen molar-refractivity contribution >= 4 is 23.2 Å². The highest BCUT2D eigenvalue weighted by molar-refractivity contribution is 6.30. The Morgan fingerprint density at radius 2 is 1.92 bits per heavy atom. The molecule has 26 heavy (non-hydrogen) atoms. The minimum Gasteiger partial charge on any atom is -0.444 e. The van der Waals surface area contributed by atoms with Crippen LogP contribution in [0.15, 0.2) is 71.7 Å². The van der Waals surface area contributed by atoms with Gasteiger partial charge < -0.3 is 9.73 Å². The zero-order chi connectivity index (χ0) is 17.9. The first-order valence-electron chi connectivity index (χ1n) is 7.80. The first-order valence-corrected chi connectivity index (χ1v) is 8.18. The van der Waals surface area contributed by atoms with E-state index in [2.05, 4.69) is 20.5 Å². The molecule has 0 saturated carbocycles. The average molecular weight is 365 g/mol. The van der Waals surface area contributed by atoms with Gasteiger partial charge in [-0.3, -0.25) is 9.89 Å². The Morgan fingerprint density at radius 3 is 2.69 bits per heavy atom. The molecule has 4 rings (SSSR count). The number of carbonyl (C=O) groups excluding carboxylic acids is 1. The Kier molecular flexibility index (Phi) is 4.25. The monoisotopic (exact) mass is 364 g/mol. The summed E-state index contributed by atoms with van der Waals surface area (Å²) in [4.78, 5) is 16.6. The summed E-state index contributed by atoms with van der Waals surface area (Å²) in [6.07, 6.45) is 4.49. The lowest BCUT2D eigenvalue weighted by Gasteiger charge is -2.07. The summed E-state index contributed by atoms with van der Waals surface area (Å²) in [5.41, 5.74) is 3.37. The number of hydrogen-bond donors (Lipinski definition) is 2. The molecule has 0 aliphatic rings. The van der Waals surface area contributed by atoms with Crippen molar-refractivity contribution in [3.63, 3.8) is 0 Å². The molecular formula is C19H13ClN4O2. The third-order valence-electron chi connectivity index (χ3n) is 3.85. The molecule has 0 bridgehead atoms. The molecule has 0 radical (unpaired) electrons. The lowest BCUT2D eigenvalue weighted by atomic mass is 10.1. The lowest BCUT2D eigenvalue weighted by molar-refractivity contribution is 0.102. The summed E-state index contributed by atoms with van der Waals surface area (Å²) in [7, 11) is 0. The fraction of sp³-hybridized carbons (Fsp3) is 0. The van der Waals surface area contributed by atoms with Gasteiger partial charge in [-0.15, -0.1) is 0 Å². The highest BCUT2D eigenvalue weighted by Crippen LogP contribution is 2.25. The van der Waals surface area contributed by atoms with Gasteiger partial charge in [0.05, 0.1) is 23.7 Å². The zero-order valence-corrected chi connectivity index (χ0v) is 14.2.